The second-order valence-electron chi connectivity index (χ2n) is 5.85. The summed E-state index contributed by atoms with van der Waals surface area (Å²) < 4.78 is 0.820. The van der Waals surface area contributed by atoms with Crippen LogP contribution in [0.3, 0.4) is 0 Å². The van der Waals surface area contributed by atoms with E-state index in [2.05, 4.69) is 26.6 Å². The van der Waals surface area contributed by atoms with Gasteiger partial charge in [-0.2, -0.15) is 0 Å². The molecule has 1 aromatic rings. The fourth-order valence-electron chi connectivity index (χ4n) is 2.99. The van der Waals surface area contributed by atoms with Gasteiger partial charge in [-0.25, -0.2) is 0 Å². The Labute approximate surface area is 142 Å². The van der Waals surface area contributed by atoms with Gasteiger partial charge in [0.1, 0.15) is 6.04 Å². The zero-order valence-electron chi connectivity index (χ0n) is 12.5. The quantitative estimate of drug-likeness (QED) is 0.827. The SMILES string of the molecule is O=C(NC1CCCNC1=O)C1CC(=O)N(c2ccccc2Br)C1. The van der Waals surface area contributed by atoms with E-state index < -0.39 is 12.0 Å². The molecule has 23 heavy (non-hydrogen) atoms. The fraction of sp³-hybridized carbons (Fsp3) is 0.438. The molecule has 0 radical (unpaired) electrons. The molecule has 2 heterocycles. The molecule has 2 fully saturated rings. The van der Waals surface area contributed by atoms with E-state index in [1.165, 1.54) is 0 Å². The van der Waals surface area contributed by atoms with E-state index in [-0.39, 0.29) is 24.1 Å². The van der Waals surface area contributed by atoms with Crippen molar-refractivity contribution in [2.45, 2.75) is 25.3 Å². The molecular weight excluding hydrogens is 362 g/mol. The van der Waals surface area contributed by atoms with E-state index in [4.69, 9.17) is 0 Å². The molecule has 6 nitrogen and oxygen atoms in total. The van der Waals surface area contributed by atoms with E-state index in [1.807, 2.05) is 24.3 Å². The van der Waals surface area contributed by atoms with Crippen molar-refractivity contribution in [3.05, 3.63) is 28.7 Å². The zero-order valence-corrected chi connectivity index (χ0v) is 14.1. The highest BCUT2D eigenvalue weighted by atomic mass is 79.9. The van der Waals surface area contributed by atoms with Crippen molar-refractivity contribution in [2.75, 3.05) is 18.0 Å². The molecule has 3 amide bonds. The number of nitrogens with one attached hydrogen (secondary N) is 2. The van der Waals surface area contributed by atoms with Gasteiger partial charge in [0.2, 0.25) is 17.7 Å². The van der Waals surface area contributed by atoms with Crippen LogP contribution in [0, 0.1) is 5.92 Å². The maximum absolute atomic E-state index is 12.4. The van der Waals surface area contributed by atoms with Gasteiger partial charge < -0.3 is 15.5 Å². The molecule has 2 N–H and O–H groups in total. The summed E-state index contributed by atoms with van der Waals surface area (Å²) in [5, 5.41) is 5.52. The van der Waals surface area contributed by atoms with Crippen LogP contribution in [-0.2, 0) is 14.4 Å². The maximum Gasteiger partial charge on any atom is 0.242 e. The smallest absolute Gasteiger partial charge is 0.242 e. The number of nitrogens with zero attached hydrogens (tertiary/aromatic N) is 1. The van der Waals surface area contributed by atoms with Crippen molar-refractivity contribution in [1.82, 2.24) is 10.6 Å². The number of rotatable bonds is 3. The van der Waals surface area contributed by atoms with E-state index in [0.29, 0.717) is 19.5 Å². The first-order valence-corrected chi connectivity index (χ1v) is 8.48. The van der Waals surface area contributed by atoms with Gasteiger partial charge in [0, 0.05) is 24.0 Å². The van der Waals surface area contributed by atoms with Crippen molar-refractivity contribution in [2.24, 2.45) is 5.92 Å². The highest BCUT2D eigenvalue weighted by Gasteiger charge is 2.37. The van der Waals surface area contributed by atoms with Gasteiger partial charge in [-0.05, 0) is 40.9 Å². The Morgan fingerprint density at radius 1 is 1.30 bits per heavy atom. The Hall–Kier alpha value is -1.89. The summed E-state index contributed by atoms with van der Waals surface area (Å²) in [6, 6.07) is 6.95. The third kappa shape index (κ3) is 3.39. The Bertz CT molecular complexity index is 649. The first kappa shape index (κ1) is 16.0. The molecule has 2 aliphatic heterocycles. The van der Waals surface area contributed by atoms with Gasteiger partial charge in [0.25, 0.3) is 0 Å². The van der Waals surface area contributed by atoms with Crippen LogP contribution in [-0.4, -0.2) is 36.9 Å². The summed E-state index contributed by atoms with van der Waals surface area (Å²) in [4.78, 5) is 38.0. The Balaban J connectivity index is 1.66. The molecule has 0 spiro atoms. The highest BCUT2D eigenvalue weighted by Crippen LogP contribution is 2.31. The van der Waals surface area contributed by atoms with E-state index in [0.717, 1.165) is 16.6 Å². The molecular formula is C16H18BrN3O3. The zero-order chi connectivity index (χ0) is 16.4. The number of hydrogen-bond acceptors (Lipinski definition) is 3. The molecule has 0 aliphatic carbocycles. The lowest BCUT2D eigenvalue weighted by atomic mass is 10.0. The van der Waals surface area contributed by atoms with E-state index in [1.54, 1.807) is 4.90 Å². The Morgan fingerprint density at radius 2 is 2.09 bits per heavy atom. The van der Waals surface area contributed by atoms with Crippen LogP contribution in [0.2, 0.25) is 0 Å². The molecule has 2 aliphatic rings. The normalized spacial score (nSPS) is 24.5. The van der Waals surface area contributed by atoms with E-state index >= 15 is 0 Å². The summed E-state index contributed by atoms with van der Waals surface area (Å²) in [5.74, 6) is -0.874. The van der Waals surface area contributed by atoms with Crippen LogP contribution in [0.25, 0.3) is 0 Å². The molecule has 3 rings (SSSR count). The number of carbonyl (C=O) groups is 3. The van der Waals surface area contributed by atoms with Crippen LogP contribution in [0.4, 0.5) is 5.69 Å². The lowest BCUT2D eigenvalue weighted by Crippen LogP contribution is -2.51. The third-order valence-corrected chi connectivity index (χ3v) is 4.91. The minimum Gasteiger partial charge on any atom is -0.354 e. The van der Waals surface area contributed by atoms with Crippen molar-refractivity contribution >= 4 is 39.3 Å². The van der Waals surface area contributed by atoms with Crippen LogP contribution >= 0.6 is 15.9 Å². The maximum atomic E-state index is 12.4. The van der Waals surface area contributed by atoms with Crippen LogP contribution < -0.4 is 15.5 Å². The topological polar surface area (TPSA) is 78.5 Å². The summed E-state index contributed by atoms with van der Waals surface area (Å²) in [6.45, 7) is 0.991. The molecule has 2 unspecified atom stereocenters. The molecule has 0 saturated carbocycles. The van der Waals surface area contributed by atoms with Gasteiger partial charge >= 0.3 is 0 Å². The molecule has 1 aromatic carbocycles. The summed E-state index contributed by atoms with van der Waals surface area (Å²) in [7, 11) is 0. The molecule has 2 atom stereocenters. The number of anilines is 1. The minimum absolute atomic E-state index is 0.0786. The van der Waals surface area contributed by atoms with E-state index in [9.17, 15) is 14.4 Å². The molecule has 2 saturated heterocycles. The molecule has 122 valence electrons. The number of piperidine rings is 1. The number of carbonyl (C=O) groups excluding carboxylic acids is 3. The summed E-state index contributed by atoms with van der Waals surface area (Å²) >= 11 is 3.43. The van der Waals surface area contributed by atoms with Crippen molar-refractivity contribution in [3.63, 3.8) is 0 Å². The second-order valence-corrected chi connectivity index (χ2v) is 6.71. The largest absolute Gasteiger partial charge is 0.354 e. The Kier molecular flexibility index (Phi) is 4.66. The Morgan fingerprint density at radius 3 is 2.83 bits per heavy atom. The third-order valence-electron chi connectivity index (χ3n) is 4.24. The lowest BCUT2D eigenvalue weighted by Gasteiger charge is -2.24. The first-order valence-electron chi connectivity index (χ1n) is 7.69. The number of benzene rings is 1. The second kappa shape index (κ2) is 6.70. The average Bonchev–Trinajstić information content (AvgIpc) is 2.92. The fourth-order valence-corrected chi connectivity index (χ4v) is 3.48. The lowest BCUT2D eigenvalue weighted by molar-refractivity contribution is -0.132. The van der Waals surface area contributed by atoms with Crippen molar-refractivity contribution in [1.29, 1.82) is 0 Å². The molecule has 0 bridgehead atoms. The first-order chi connectivity index (χ1) is 11.1. The number of amides is 3. The van der Waals surface area contributed by atoms with Gasteiger partial charge in [-0.3, -0.25) is 14.4 Å². The monoisotopic (exact) mass is 379 g/mol. The number of para-hydroxylation sites is 1. The van der Waals surface area contributed by atoms with Crippen molar-refractivity contribution < 1.29 is 14.4 Å². The van der Waals surface area contributed by atoms with Gasteiger partial charge in [-0.1, -0.05) is 12.1 Å². The van der Waals surface area contributed by atoms with Gasteiger partial charge in [-0.15, -0.1) is 0 Å². The molecule has 7 heteroatoms. The number of hydrogen-bond donors (Lipinski definition) is 2. The minimum atomic E-state index is -0.483. The van der Waals surface area contributed by atoms with Crippen LogP contribution in [0.1, 0.15) is 19.3 Å². The number of halogens is 1. The van der Waals surface area contributed by atoms with Gasteiger partial charge in [0.05, 0.1) is 11.6 Å². The van der Waals surface area contributed by atoms with Gasteiger partial charge in [0.15, 0.2) is 0 Å². The standard InChI is InChI=1S/C16H18BrN3O3/c17-11-4-1-2-6-13(11)20-9-10(8-14(20)21)15(22)19-12-5-3-7-18-16(12)23/h1-2,4,6,10,12H,3,5,7-9H2,(H,18,23)(H,19,22). The average molecular weight is 380 g/mol. The summed E-state index contributed by atoms with van der Waals surface area (Å²) in [5.41, 5.74) is 0.767. The predicted molar refractivity (Wildman–Crippen MR) is 88.8 cm³/mol. The predicted octanol–water partition coefficient (Wildman–Crippen LogP) is 1.20. The van der Waals surface area contributed by atoms with Crippen LogP contribution in [0.5, 0.6) is 0 Å². The highest BCUT2D eigenvalue weighted by molar-refractivity contribution is 9.10. The van der Waals surface area contributed by atoms with Crippen LogP contribution in [0.15, 0.2) is 28.7 Å². The molecule has 0 aromatic heterocycles. The summed E-state index contributed by atoms with van der Waals surface area (Å²) in [6.07, 6.45) is 1.66. The van der Waals surface area contributed by atoms with Crippen molar-refractivity contribution in [3.8, 4) is 0 Å².